The zero-order valence-corrected chi connectivity index (χ0v) is 11.9. The molecule has 0 saturated carbocycles. The molecule has 0 bridgehead atoms. The van der Waals surface area contributed by atoms with Crippen molar-refractivity contribution in [1.82, 2.24) is 4.90 Å². The van der Waals surface area contributed by atoms with Crippen molar-refractivity contribution in [2.75, 3.05) is 19.6 Å². The van der Waals surface area contributed by atoms with Crippen molar-refractivity contribution in [2.45, 2.75) is 63.6 Å². The monoisotopic (exact) mass is 245 g/mol. The number of piperidine rings is 1. The third kappa shape index (κ3) is 6.18. The number of aliphatic hydroxyl groups is 1. The van der Waals surface area contributed by atoms with E-state index in [0.29, 0.717) is 0 Å². The van der Waals surface area contributed by atoms with Gasteiger partial charge in [0.1, 0.15) is 0 Å². The van der Waals surface area contributed by atoms with E-state index < -0.39 is 5.34 Å². The highest BCUT2D eigenvalue weighted by Crippen LogP contribution is 2.28. The molecule has 0 aromatic rings. The van der Waals surface area contributed by atoms with Crippen LogP contribution in [-0.2, 0) is 0 Å². The van der Waals surface area contributed by atoms with Gasteiger partial charge < -0.3 is 10.0 Å². The molecule has 1 aliphatic heterocycles. The molecule has 3 heteroatoms. The fourth-order valence-corrected chi connectivity index (χ4v) is 2.54. The largest absolute Gasteiger partial charge is 0.386 e. The van der Waals surface area contributed by atoms with Crippen molar-refractivity contribution >= 4 is 9.24 Å². The smallest absolute Gasteiger partial charge is 0.0802 e. The maximum absolute atomic E-state index is 9.80. The average molecular weight is 245 g/mol. The van der Waals surface area contributed by atoms with Gasteiger partial charge in [0.2, 0.25) is 0 Å². The molecule has 1 aliphatic rings. The van der Waals surface area contributed by atoms with E-state index in [9.17, 15) is 5.11 Å². The molecule has 0 aromatic heterocycles. The Morgan fingerprint density at radius 1 is 1.06 bits per heavy atom. The highest BCUT2D eigenvalue weighted by molar-refractivity contribution is 7.18. The summed E-state index contributed by atoms with van der Waals surface area (Å²) in [6, 6.07) is 0. The molecule has 96 valence electrons. The zero-order chi connectivity index (χ0) is 11.9. The van der Waals surface area contributed by atoms with Gasteiger partial charge >= 0.3 is 0 Å². The molecular weight excluding hydrogens is 217 g/mol. The van der Waals surface area contributed by atoms with E-state index in [0.717, 1.165) is 25.9 Å². The van der Waals surface area contributed by atoms with Crippen molar-refractivity contribution in [3.8, 4) is 0 Å². The van der Waals surface area contributed by atoms with Crippen LogP contribution < -0.4 is 0 Å². The van der Waals surface area contributed by atoms with E-state index in [2.05, 4.69) is 21.1 Å². The molecule has 1 rings (SSSR count). The molecule has 0 radical (unpaired) electrons. The Balaban J connectivity index is 1.94. The van der Waals surface area contributed by atoms with Crippen LogP contribution in [0.3, 0.4) is 0 Å². The normalized spacial score (nSPS) is 21.2. The topological polar surface area (TPSA) is 23.5 Å². The summed E-state index contributed by atoms with van der Waals surface area (Å²) in [5.74, 6) is 0. The lowest BCUT2D eigenvalue weighted by atomic mass is 10.1. The molecule has 1 heterocycles. The first-order valence-electron chi connectivity index (χ1n) is 6.88. The number of hydrogen-bond donors (Lipinski definition) is 1. The van der Waals surface area contributed by atoms with Gasteiger partial charge in [0.15, 0.2) is 0 Å². The molecule has 16 heavy (non-hydrogen) atoms. The Labute approximate surface area is 103 Å². The molecular formula is C13H28NOP. The van der Waals surface area contributed by atoms with Crippen LogP contribution in [0.15, 0.2) is 0 Å². The number of hydrogen-bond acceptors (Lipinski definition) is 2. The van der Waals surface area contributed by atoms with Crippen molar-refractivity contribution in [1.29, 1.82) is 0 Å². The van der Waals surface area contributed by atoms with Gasteiger partial charge in [0, 0.05) is 13.1 Å². The molecule has 1 atom stereocenters. The number of nitrogens with zero attached hydrogens (tertiary/aromatic N) is 1. The Morgan fingerprint density at radius 2 is 1.62 bits per heavy atom. The van der Waals surface area contributed by atoms with Crippen LogP contribution in [0.25, 0.3) is 0 Å². The van der Waals surface area contributed by atoms with Crippen LogP contribution in [0.4, 0.5) is 0 Å². The molecule has 1 saturated heterocycles. The van der Waals surface area contributed by atoms with E-state index in [1.54, 1.807) is 0 Å². The van der Waals surface area contributed by atoms with Crippen LogP contribution in [0.1, 0.15) is 58.3 Å². The highest BCUT2D eigenvalue weighted by atomic mass is 31.0. The summed E-state index contributed by atoms with van der Waals surface area (Å²) >= 11 is 0. The minimum absolute atomic E-state index is 0.475. The van der Waals surface area contributed by atoms with Crippen LogP contribution in [0.2, 0.25) is 0 Å². The second-order valence-corrected chi connectivity index (χ2v) is 6.29. The second kappa shape index (κ2) is 7.63. The first-order chi connectivity index (χ1) is 7.64. The van der Waals surface area contributed by atoms with Crippen LogP contribution in [0, 0.1) is 0 Å². The van der Waals surface area contributed by atoms with Gasteiger partial charge in [-0.3, -0.25) is 0 Å². The summed E-state index contributed by atoms with van der Waals surface area (Å²) in [7, 11) is 2.59. The summed E-state index contributed by atoms with van der Waals surface area (Å²) in [6.07, 6.45) is 10.1. The Hall–Kier alpha value is 0.350. The fraction of sp³-hybridized carbons (Fsp3) is 1.00. The van der Waals surface area contributed by atoms with Crippen molar-refractivity contribution < 1.29 is 5.11 Å². The number of rotatable bonds is 7. The van der Waals surface area contributed by atoms with Gasteiger partial charge in [0.05, 0.1) is 5.34 Å². The van der Waals surface area contributed by atoms with Crippen LogP contribution >= 0.6 is 9.24 Å². The number of unbranched alkanes of at least 4 members (excludes halogenated alkanes) is 5. The third-order valence-electron chi connectivity index (χ3n) is 3.55. The van der Waals surface area contributed by atoms with Crippen molar-refractivity contribution in [2.24, 2.45) is 0 Å². The SMILES string of the molecule is CCCCCCCCN1CCC(O)(P)CC1. The summed E-state index contributed by atoms with van der Waals surface area (Å²) < 4.78 is 0. The first kappa shape index (κ1) is 14.4. The van der Waals surface area contributed by atoms with Gasteiger partial charge in [-0.15, -0.1) is 9.24 Å². The first-order valence-corrected chi connectivity index (χ1v) is 7.45. The van der Waals surface area contributed by atoms with Gasteiger partial charge in [-0.2, -0.15) is 0 Å². The predicted octanol–water partition coefficient (Wildman–Crippen LogP) is 3.01. The van der Waals surface area contributed by atoms with Crippen molar-refractivity contribution in [3.63, 3.8) is 0 Å². The summed E-state index contributed by atoms with van der Waals surface area (Å²) in [5, 5.41) is 9.32. The number of likely N-dealkylation sites (tertiary alicyclic amines) is 1. The summed E-state index contributed by atoms with van der Waals surface area (Å²) in [5.41, 5.74) is 0. The second-order valence-electron chi connectivity index (χ2n) is 5.21. The molecule has 1 fully saturated rings. The van der Waals surface area contributed by atoms with E-state index in [4.69, 9.17) is 0 Å². The maximum Gasteiger partial charge on any atom is 0.0802 e. The molecule has 0 aromatic carbocycles. The van der Waals surface area contributed by atoms with Gasteiger partial charge in [-0.1, -0.05) is 39.0 Å². The molecule has 2 nitrogen and oxygen atoms in total. The van der Waals surface area contributed by atoms with Crippen molar-refractivity contribution in [3.05, 3.63) is 0 Å². The third-order valence-corrected chi connectivity index (χ3v) is 4.13. The quantitative estimate of drug-likeness (QED) is 0.550. The average Bonchev–Trinajstić information content (AvgIpc) is 2.25. The Bertz CT molecular complexity index is 175. The highest BCUT2D eigenvalue weighted by Gasteiger charge is 2.26. The minimum atomic E-state index is -0.475. The molecule has 1 unspecified atom stereocenters. The standard InChI is InChI=1S/C13H28NOP/c1-2-3-4-5-6-7-10-14-11-8-13(15,16)9-12-14/h15H,2-12,16H2,1H3. The molecule has 0 aliphatic carbocycles. The lowest BCUT2D eigenvalue weighted by molar-refractivity contribution is 0.0530. The summed E-state index contributed by atoms with van der Waals surface area (Å²) in [6.45, 7) is 5.62. The van der Waals surface area contributed by atoms with E-state index in [1.807, 2.05) is 0 Å². The maximum atomic E-state index is 9.80. The van der Waals surface area contributed by atoms with Gasteiger partial charge in [-0.25, -0.2) is 0 Å². The van der Waals surface area contributed by atoms with E-state index in [-0.39, 0.29) is 0 Å². The lowest BCUT2D eigenvalue weighted by Gasteiger charge is -2.35. The Kier molecular flexibility index (Phi) is 6.87. The molecule has 0 spiro atoms. The Morgan fingerprint density at radius 3 is 2.25 bits per heavy atom. The zero-order valence-electron chi connectivity index (χ0n) is 10.7. The van der Waals surface area contributed by atoms with E-state index >= 15 is 0 Å². The fourth-order valence-electron chi connectivity index (χ4n) is 2.28. The molecule has 1 N–H and O–H groups in total. The van der Waals surface area contributed by atoms with Crippen LogP contribution in [-0.4, -0.2) is 35.0 Å². The van der Waals surface area contributed by atoms with E-state index in [1.165, 1.54) is 45.1 Å². The van der Waals surface area contributed by atoms with Gasteiger partial charge in [0.25, 0.3) is 0 Å². The summed E-state index contributed by atoms with van der Waals surface area (Å²) in [4.78, 5) is 2.50. The van der Waals surface area contributed by atoms with Crippen LogP contribution in [0.5, 0.6) is 0 Å². The molecule has 0 amide bonds. The minimum Gasteiger partial charge on any atom is -0.386 e. The van der Waals surface area contributed by atoms with Gasteiger partial charge in [-0.05, 0) is 25.8 Å². The predicted molar refractivity (Wildman–Crippen MR) is 73.7 cm³/mol. The lowest BCUT2D eigenvalue weighted by Crippen LogP contribution is -2.40.